The summed E-state index contributed by atoms with van der Waals surface area (Å²) in [6.07, 6.45) is 14.0. The van der Waals surface area contributed by atoms with Crippen LogP contribution in [0.5, 0.6) is 5.75 Å². The Bertz CT molecular complexity index is 913. The lowest BCUT2D eigenvalue weighted by atomic mass is 10.0. The van der Waals surface area contributed by atoms with Gasteiger partial charge >= 0.3 is 7.82 Å². The van der Waals surface area contributed by atoms with Crippen molar-refractivity contribution in [3.8, 4) is 5.75 Å². The van der Waals surface area contributed by atoms with Crippen LogP contribution in [-0.2, 0) is 23.3 Å². The molecule has 0 aliphatic rings. The standard InChI is InChI=1S/C30H49O8P/c1-2-3-4-5-6-7-8-9-10-11-17-28(38-30-19-14-16-27-15-12-13-18-29(27)30)26-36-23-22-34-20-21-35-24-25-37-39(31,32)33/h12-16,18-19,28H,2-11,17,20-26H2,1H3,(H2,31,32,33). The first kappa shape index (κ1) is 33.7. The first-order valence-electron chi connectivity index (χ1n) is 14.6. The highest BCUT2D eigenvalue weighted by atomic mass is 31.2. The molecule has 2 aromatic rings. The highest BCUT2D eigenvalue weighted by molar-refractivity contribution is 7.46. The molecule has 9 heteroatoms. The van der Waals surface area contributed by atoms with Crippen molar-refractivity contribution < 1.29 is 37.8 Å². The van der Waals surface area contributed by atoms with E-state index in [1.165, 1.54) is 57.8 Å². The highest BCUT2D eigenvalue weighted by Gasteiger charge is 2.14. The van der Waals surface area contributed by atoms with Gasteiger partial charge in [0.2, 0.25) is 0 Å². The Morgan fingerprint density at radius 1 is 0.692 bits per heavy atom. The maximum absolute atomic E-state index is 10.6. The zero-order chi connectivity index (χ0) is 28.0. The van der Waals surface area contributed by atoms with E-state index in [0.717, 1.165) is 29.4 Å². The molecule has 222 valence electrons. The van der Waals surface area contributed by atoms with Gasteiger partial charge in [0.05, 0.1) is 46.2 Å². The normalized spacial score (nSPS) is 12.7. The lowest BCUT2D eigenvalue weighted by Gasteiger charge is -2.20. The molecular formula is C30H49O8P. The number of benzene rings is 2. The summed E-state index contributed by atoms with van der Waals surface area (Å²) in [5.41, 5.74) is 0. The van der Waals surface area contributed by atoms with Crippen LogP contribution < -0.4 is 4.74 Å². The molecule has 0 bridgehead atoms. The summed E-state index contributed by atoms with van der Waals surface area (Å²) in [5.74, 6) is 0.893. The monoisotopic (exact) mass is 568 g/mol. The molecule has 0 aromatic heterocycles. The van der Waals surface area contributed by atoms with Gasteiger partial charge in [0.15, 0.2) is 0 Å². The third-order valence-electron chi connectivity index (χ3n) is 6.46. The average Bonchev–Trinajstić information content (AvgIpc) is 2.92. The first-order valence-corrected chi connectivity index (χ1v) is 16.1. The molecule has 2 aromatic carbocycles. The van der Waals surface area contributed by atoms with Crippen LogP contribution in [0.3, 0.4) is 0 Å². The van der Waals surface area contributed by atoms with Crippen LogP contribution in [0, 0.1) is 0 Å². The molecule has 2 N–H and O–H groups in total. The quantitative estimate of drug-likeness (QED) is 0.0969. The molecule has 1 unspecified atom stereocenters. The van der Waals surface area contributed by atoms with E-state index in [-0.39, 0.29) is 19.3 Å². The van der Waals surface area contributed by atoms with Gasteiger partial charge < -0.3 is 28.7 Å². The SMILES string of the molecule is CCCCCCCCCCCCC(COCCOCCOCCOP(=O)(O)O)Oc1cccc2ccccc12. The number of phosphoric acid groups is 1. The highest BCUT2D eigenvalue weighted by Crippen LogP contribution is 2.35. The Balaban J connectivity index is 1.66. The summed E-state index contributed by atoms with van der Waals surface area (Å²) < 4.78 is 38.0. The molecule has 0 saturated carbocycles. The maximum atomic E-state index is 10.6. The molecule has 0 aliphatic heterocycles. The van der Waals surface area contributed by atoms with Crippen molar-refractivity contribution in [1.82, 2.24) is 0 Å². The molecule has 2 rings (SSSR count). The summed E-state index contributed by atoms with van der Waals surface area (Å²) in [5, 5.41) is 2.28. The molecule has 0 amide bonds. The minimum Gasteiger partial charge on any atom is -0.487 e. The smallest absolute Gasteiger partial charge is 0.469 e. The van der Waals surface area contributed by atoms with Crippen molar-refractivity contribution in [3.05, 3.63) is 42.5 Å². The molecule has 0 radical (unpaired) electrons. The van der Waals surface area contributed by atoms with Crippen LogP contribution in [0.1, 0.15) is 77.6 Å². The number of rotatable bonds is 25. The molecule has 39 heavy (non-hydrogen) atoms. The minimum absolute atomic E-state index is 0.0257. The molecule has 0 heterocycles. The number of fused-ring (bicyclic) bond motifs is 1. The Labute approximate surface area is 234 Å². The Hall–Kier alpha value is -1.51. The number of hydrogen-bond acceptors (Lipinski definition) is 6. The molecule has 0 spiro atoms. The summed E-state index contributed by atoms with van der Waals surface area (Å²) in [6, 6.07) is 14.4. The van der Waals surface area contributed by atoms with Gasteiger partial charge in [-0.1, -0.05) is 101 Å². The fourth-order valence-corrected chi connectivity index (χ4v) is 4.70. The minimum atomic E-state index is -4.44. The van der Waals surface area contributed by atoms with Crippen molar-refractivity contribution in [2.75, 3.05) is 46.2 Å². The molecule has 1 atom stereocenters. The van der Waals surface area contributed by atoms with E-state index in [2.05, 4.69) is 29.6 Å². The van der Waals surface area contributed by atoms with Crippen molar-refractivity contribution in [2.45, 2.75) is 83.7 Å². The van der Waals surface area contributed by atoms with Gasteiger partial charge in [0, 0.05) is 5.39 Å². The van der Waals surface area contributed by atoms with Crippen molar-refractivity contribution in [1.29, 1.82) is 0 Å². The second-order valence-electron chi connectivity index (χ2n) is 9.81. The second kappa shape index (κ2) is 21.3. The zero-order valence-electron chi connectivity index (χ0n) is 23.6. The average molecular weight is 569 g/mol. The zero-order valence-corrected chi connectivity index (χ0v) is 24.5. The topological polar surface area (TPSA) is 104 Å². The fraction of sp³-hybridized carbons (Fsp3) is 0.667. The lowest BCUT2D eigenvalue weighted by molar-refractivity contribution is -0.00935. The van der Waals surface area contributed by atoms with E-state index in [1.54, 1.807) is 0 Å². The van der Waals surface area contributed by atoms with E-state index in [4.69, 9.17) is 28.7 Å². The third kappa shape index (κ3) is 17.0. The molecule has 8 nitrogen and oxygen atoms in total. The van der Waals surface area contributed by atoms with Gasteiger partial charge in [0.25, 0.3) is 0 Å². The van der Waals surface area contributed by atoms with Gasteiger partial charge in [-0.15, -0.1) is 0 Å². The van der Waals surface area contributed by atoms with Crippen LogP contribution in [0.2, 0.25) is 0 Å². The van der Waals surface area contributed by atoms with Crippen LogP contribution in [-0.4, -0.2) is 62.1 Å². The predicted molar refractivity (Wildman–Crippen MR) is 155 cm³/mol. The van der Waals surface area contributed by atoms with Crippen molar-refractivity contribution in [3.63, 3.8) is 0 Å². The fourth-order valence-electron chi connectivity index (χ4n) is 4.38. The Morgan fingerprint density at radius 3 is 1.92 bits per heavy atom. The van der Waals surface area contributed by atoms with E-state index >= 15 is 0 Å². The number of phosphoric ester groups is 1. The Kier molecular flexibility index (Phi) is 18.4. The number of ether oxygens (including phenoxy) is 4. The lowest BCUT2D eigenvalue weighted by Crippen LogP contribution is -2.24. The first-order chi connectivity index (χ1) is 19.0. The van der Waals surface area contributed by atoms with Gasteiger partial charge in [-0.2, -0.15) is 0 Å². The summed E-state index contributed by atoms with van der Waals surface area (Å²) in [6.45, 7) is 4.26. The predicted octanol–water partition coefficient (Wildman–Crippen LogP) is 7.06. The summed E-state index contributed by atoms with van der Waals surface area (Å²) >= 11 is 0. The second-order valence-corrected chi connectivity index (χ2v) is 11.1. The van der Waals surface area contributed by atoms with Crippen LogP contribution in [0.4, 0.5) is 0 Å². The van der Waals surface area contributed by atoms with E-state index in [9.17, 15) is 4.57 Å². The van der Waals surface area contributed by atoms with Gasteiger partial charge in [-0.05, 0) is 24.3 Å². The summed E-state index contributed by atoms with van der Waals surface area (Å²) in [7, 11) is -4.44. The molecule has 0 aliphatic carbocycles. The van der Waals surface area contributed by atoms with E-state index in [0.29, 0.717) is 33.0 Å². The molecular weight excluding hydrogens is 519 g/mol. The van der Waals surface area contributed by atoms with Crippen LogP contribution in [0.15, 0.2) is 42.5 Å². The maximum Gasteiger partial charge on any atom is 0.469 e. The van der Waals surface area contributed by atoms with Crippen molar-refractivity contribution in [2.24, 2.45) is 0 Å². The van der Waals surface area contributed by atoms with Crippen molar-refractivity contribution >= 4 is 18.6 Å². The van der Waals surface area contributed by atoms with E-state index < -0.39 is 7.82 Å². The third-order valence-corrected chi connectivity index (χ3v) is 6.98. The van der Waals surface area contributed by atoms with Gasteiger partial charge in [-0.25, -0.2) is 4.57 Å². The van der Waals surface area contributed by atoms with Gasteiger partial charge in [0.1, 0.15) is 11.9 Å². The Morgan fingerprint density at radius 2 is 1.26 bits per heavy atom. The van der Waals surface area contributed by atoms with Crippen LogP contribution in [0.25, 0.3) is 10.8 Å². The summed E-state index contributed by atoms with van der Waals surface area (Å²) in [4.78, 5) is 17.2. The largest absolute Gasteiger partial charge is 0.487 e. The van der Waals surface area contributed by atoms with Gasteiger partial charge in [-0.3, -0.25) is 4.52 Å². The molecule has 0 saturated heterocycles. The van der Waals surface area contributed by atoms with E-state index in [1.807, 2.05) is 24.3 Å². The number of hydrogen-bond donors (Lipinski definition) is 2. The van der Waals surface area contributed by atoms with Crippen LogP contribution >= 0.6 is 7.82 Å². The number of unbranched alkanes of at least 4 members (excludes halogenated alkanes) is 9. The molecule has 0 fully saturated rings.